The number of nitrogens with one attached hydrogen (secondary N) is 1. The van der Waals surface area contributed by atoms with Crippen LogP contribution in [0, 0.1) is 6.92 Å². The molecule has 0 aliphatic rings. The van der Waals surface area contributed by atoms with Crippen molar-refractivity contribution in [3.8, 4) is 0 Å². The standard InChI is InChI=1S/C15H18N2O2.C2H6/c1-10-9-13(17-14(18)19-15(2,3)4)11-7-5-6-8-12(11)16-10;1-2/h5-9H,1-4H3,(H,16,17,18);1-2H3. The molecule has 0 unspecified atom stereocenters. The highest BCUT2D eigenvalue weighted by Crippen LogP contribution is 2.23. The number of aromatic nitrogens is 1. The molecule has 0 bridgehead atoms. The smallest absolute Gasteiger partial charge is 0.412 e. The maximum absolute atomic E-state index is 11.8. The minimum absolute atomic E-state index is 0.455. The van der Waals surface area contributed by atoms with Crippen molar-refractivity contribution >= 4 is 22.7 Å². The van der Waals surface area contributed by atoms with Crippen molar-refractivity contribution in [1.82, 2.24) is 4.98 Å². The third kappa shape index (κ3) is 5.06. The Kier molecular flexibility index (Phi) is 5.70. The first-order valence-corrected chi connectivity index (χ1v) is 7.21. The lowest BCUT2D eigenvalue weighted by atomic mass is 10.1. The predicted molar refractivity (Wildman–Crippen MR) is 87.7 cm³/mol. The van der Waals surface area contributed by atoms with E-state index < -0.39 is 11.7 Å². The van der Waals surface area contributed by atoms with Gasteiger partial charge < -0.3 is 4.74 Å². The van der Waals surface area contributed by atoms with Gasteiger partial charge in [-0.2, -0.15) is 0 Å². The molecule has 2 rings (SSSR count). The minimum atomic E-state index is -0.512. The van der Waals surface area contributed by atoms with Crippen molar-refractivity contribution in [3.63, 3.8) is 0 Å². The van der Waals surface area contributed by atoms with Crippen LogP contribution in [0.1, 0.15) is 40.3 Å². The second kappa shape index (κ2) is 7.07. The largest absolute Gasteiger partial charge is 0.444 e. The molecule has 0 saturated carbocycles. The van der Waals surface area contributed by atoms with Crippen LogP contribution < -0.4 is 5.32 Å². The predicted octanol–water partition coefficient (Wildman–Crippen LogP) is 4.92. The molecule has 1 amide bonds. The van der Waals surface area contributed by atoms with Crippen LogP contribution in [0.15, 0.2) is 30.3 Å². The molecular weight excluding hydrogens is 264 g/mol. The molecule has 4 nitrogen and oxygen atoms in total. The Morgan fingerprint density at radius 3 is 2.43 bits per heavy atom. The van der Waals surface area contributed by atoms with Crippen LogP contribution in [0.5, 0.6) is 0 Å². The van der Waals surface area contributed by atoms with E-state index in [1.165, 1.54) is 0 Å². The second-order valence-corrected chi connectivity index (χ2v) is 5.46. The monoisotopic (exact) mass is 288 g/mol. The molecule has 1 aromatic heterocycles. The average Bonchev–Trinajstić information content (AvgIpc) is 2.38. The molecule has 0 fully saturated rings. The van der Waals surface area contributed by atoms with Crippen LogP contribution in [0.2, 0.25) is 0 Å². The number of ether oxygens (including phenoxy) is 1. The van der Waals surface area contributed by atoms with Gasteiger partial charge in [0, 0.05) is 11.1 Å². The van der Waals surface area contributed by atoms with Gasteiger partial charge in [-0.15, -0.1) is 0 Å². The number of carbonyl (C=O) groups is 1. The highest BCUT2D eigenvalue weighted by atomic mass is 16.6. The molecule has 1 heterocycles. The maximum atomic E-state index is 11.8. The number of pyridine rings is 1. The molecule has 2 aromatic rings. The fourth-order valence-corrected chi connectivity index (χ4v) is 1.82. The number of amides is 1. The van der Waals surface area contributed by atoms with Gasteiger partial charge in [-0.3, -0.25) is 10.3 Å². The van der Waals surface area contributed by atoms with Gasteiger partial charge in [0.05, 0.1) is 11.2 Å². The summed E-state index contributed by atoms with van der Waals surface area (Å²) in [5.74, 6) is 0. The molecular formula is C17H24N2O2. The van der Waals surface area contributed by atoms with Crippen LogP contribution in [-0.4, -0.2) is 16.7 Å². The topological polar surface area (TPSA) is 51.2 Å². The van der Waals surface area contributed by atoms with Crippen LogP contribution in [0.3, 0.4) is 0 Å². The first kappa shape index (κ1) is 17.0. The molecule has 0 spiro atoms. The normalized spacial score (nSPS) is 10.6. The third-order valence-corrected chi connectivity index (χ3v) is 2.48. The average molecular weight is 288 g/mol. The SMILES string of the molecule is CC.Cc1cc(NC(=O)OC(C)(C)C)c2ccccc2n1. The van der Waals surface area contributed by atoms with E-state index in [2.05, 4.69) is 10.3 Å². The van der Waals surface area contributed by atoms with Crippen molar-refractivity contribution in [2.24, 2.45) is 0 Å². The Balaban J connectivity index is 0.00000106. The number of rotatable bonds is 1. The summed E-state index contributed by atoms with van der Waals surface area (Å²) < 4.78 is 5.26. The van der Waals surface area contributed by atoms with Gasteiger partial charge in [0.2, 0.25) is 0 Å². The van der Waals surface area contributed by atoms with E-state index >= 15 is 0 Å². The van der Waals surface area contributed by atoms with Crippen molar-refractivity contribution < 1.29 is 9.53 Å². The minimum Gasteiger partial charge on any atom is -0.444 e. The van der Waals surface area contributed by atoms with Gasteiger partial charge in [0.15, 0.2) is 0 Å². The van der Waals surface area contributed by atoms with Crippen molar-refractivity contribution in [1.29, 1.82) is 0 Å². The van der Waals surface area contributed by atoms with Crippen LogP contribution in [0.4, 0.5) is 10.5 Å². The molecule has 0 saturated heterocycles. The first-order valence-electron chi connectivity index (χ1n) is 7.21. The third-order valence-electron chi connectivity index (χ3n) is 2.48. The summed E-state index contributed by atoms with van der Waals surface area (Å²) in [6.45, 7) is 11.4. The lowest BCUT2D eigenvalue weighted by molar-refractivity contribution is 0.0636. The summed E-state index contributed by atoms with van der Waals surface area (Å²) in [6.07, 6.45) is -0.455. The van der Waals surface area contributed by atoms with Gasteiger partial charge in [-0.25, -0.2) is 4.79 Å². The quantitative estimate of drug-likeness (QED) is 0.810. The van der Waals surface area contributed by atoms with E-state index in [-0.39, 0.29) is 0 Å². The lowest BCUT2D eigenvalue weighted by Gasteiger charge is -2.20. The summed E-state index contributed by atoms with van der Waals surface area (Å²) in [6, 6.07) is 9.52. The van der Waals surface area contributed by atoms with E-state index in [1.807, 2.05) is 71.9 Å². The summed E-state index contributed by atoms with van der Waals surface area (Å²) in [5.41, 5.74) is 1.91. The van der Waals surface area contributed by atoms with Crippen molar-refractivity contribution in [3.05, 3.63) is 36.0 Å². The first-order chi connectivity index (χ1) is 9.85. The number of anilines is 1. The van der Waals surface area contributed by atoms with Crippen LogP contribution in [0.25, 0.3) is 10.9 Å². The Labute approximate surface area is 126 Å². The van der Waals surface area contributed by atoms with Gasteiger partial charge in [-0.1, -0.05) is 32.0 Å². The molecule has 1 N–H and O–H groups in total. The maximum Gasteiger partial charge on any atom is 0.412 e. The van der Waals surface area contributed by atoms with Crippen LogP contribution >= 0.6 is 0 Å². The van der Waals surface area contributed by atoms with Gasteiger partial charge in [0.1, 0.15) is 5.60 Å². The number of benzene rings is 1. The fourth-order valence-electron chi connectivity index (χ4n) is 1.82. The molecule has 114 valence electrons. The van der Waals surface area contributed by atoms with E-state index in [0.29, 0.717) is 0 Å². The highest BCUT2D eigenvalue weighted by Gasteiger charge is 2.17. The number of carbonyl (C=O) groups excluding carboxylic acids is 1. The van der Waals surface area contributed by atoms with E-state index in [0.717, 1.165) is 22.3 Å². The summed E-state index contributed by atoms with van der Waals surface area (Å²) in [7, 11) is 0. The summed E-state index contributed by atoms with van der Waals surface area (Å²) in [4.78, 5) is 16.3. The number of hydrogen-bond donors (Lipinski definition) is 1. The van der Waals surface area contributed by atoms with Crippen LogP contribution in [-0.2, 0) is 4.74 Å². The Morgan fingerprint density at radius 2 is 1.81 bits per heavy atom. The summed E-state index contributed by atoms with van der Waals surface area (Å²) in [5, 5.41) is 3.68. The second-order valence-electron chi connectivity index (χ2n) is 5.46. The van der Waals surface area contributed by atoms with E-state index in [9.17, 15) is 4.79 Å². The molecule has 0 atom stereocenters. The lowest BCUT2D eigenvalue weighted by Crippen LogP contribution is -2.27. The highest BCUT2D eigenvalue weighted by molar-refractivity contribution is 5.98. The zero-order valence-electron chi connectivity index (χ0n) is 13.7. The molecule has 0 aliphatic carbocycles. The zero-order chi connectivity index (χ0) is 16.0. The number of aryl methyl sites for hydroxylation is 1. The van der Waals surface area contributed by atoms with Gasteiger partial charge in [-0.05, 0) is 39.8 Å². The van der Waals surface area contributed by atoms with Crippen molar-refractivity contribution in [2.75, 3.05) is 5.32 Å². The number of fused-ring (bicyclic) bond motifs is 1. The molecule has 1 aromatic carbocycles. The van der Waals surface area contributed by atoms with E-state index in [1.54, 1.807) is 0 Å². The Morgan fingerprint density at radius 1 is 1.19 bits per heavy atom. The van der Waals surface area contributed by atoms with E-state index in [4.69, 9.17) is 4.74 Å². The summed E-state index contributed by atoms with van der Waals surface area (Å²) >= 11 is 0. The molecule has 0 radical (unpaired) electrons. The molecule has 4 heteroatoms. The molecule has 0 aliphatic heterocycles. The van der Waals surface area contributed by atoms with Crippen molar-refractivity contribution in [2.45, 2.75) is 47.1 Å². The fraction of sp³-hybridized carbons (Fsp3) is 0.412. The van der Waals surface area contributed by atoms with Gasteiger partial charge >= 0.3 is 6.09 Å². The molecule has 21 heavy (non-hydrogen) atoms. The number of para-hydroxylation sites is 1. The van der Waals surface area contributed by atoms with Gasteiger partial charge in [0.25, 0.3) is 0 Å². The zero-order valence-corrected chi connectivity index (χ0v) is 13.7. The Bertz CT molecular complexity index is 616. The Hall–Kier alpha value is -2.10. The number of nitrogens with zero attached hydrogens (tertiary/aromatic N) is 1. The number of hydrogen-bond acceptors (Lipinski definition) is 3.